The number of rotatable bonds is 2. The smallest absolute Gasteiger partial charge is 0.157 e. The highest BCUT2D eigenvalue weighted by molar-refractivity contribution is 9.10. The monoisotopic (exact) mass is 338 g/mol. The first-order valence-electron chi connectivity index (χ1n) is 6.95. The Morgan fingerprint density at radius 3 is 3.16 bits per heavy atom. The highest BCUT2D eigenvalue weighted by Gasteiger charge is 2.31. The predicted molar refractivity (Wildman–Crippen MR) is 86.7 cm³/mol. The third-order valence-electron chi connectivity index (χ3n) is 4.02. The molecule has 1 heterocycles. The number of halogens is 1. The molecule has 1 aliphatic carbocycles. The van der Waals surface area contributed by atoms with Crippen molar-refractivity contribution in [3.63, 3.8) is 0 Å². The van der Waals surface area contributed by atoms with Crippen molar-refractivity contribution in [2.24, 2.45) is 10.9 Å². The largest absolute Gasteiger partial charge is 0.358 e. The Hall–Kier alpha value is -0.480. The van der Waals surface area contributed by atoms with E-state index in [1.807, 2.05) is 11.8 Å². The van der Waals surface area contributed by atoms with Crippen LogP contribution in [0.25, 0.3) is 0 Å². The molecule has 3 rings (SSSR count). The van der Waals surface area contributed by atoms with Gasteiger partial charge < -0.3 is 5.32 Å². The molecule has 1 aliphatic heterocycles. The van der Waals surface area contributed by atoms with Crippen molar-refractivity contribution in [2.45, 2.75) is 38.3 Å². The number of amidine groups is 1. The summed E-state index contributed by atoms with van der Waals surface area (Å²) in [6, 6.07) is 9.37. The zero-order valence-corrected chi connectivity index (χ0v) is 13.5. The molecule has 4 heteroatoms. The third-order valence-corrected chi connectivity index (χ3v) is 5.61. The fourth-order valence-electron chi connectivity index (χ4n) is 2.88. The lowest BCUT2D eigenvalue weighted by Gasteiger charge is -2.25. The molecule has 0 aromatic heterocycles. The van der Waals surface area contributed by atoms with E-state index in [2.05, 4.69) is 52.4 Å². The Kier molecular flexibility index (Phi) is 4.18. The van der Waals surface area contributed by atoms with Crippen LogP contribution in [0.1, 0.15) is 37.8 Å². The first-order valence-corrected chi connectivity index (χ1v) is 8.73. The van der Waals surface area contributed by atoms with Crippen LogP contribution < -0.4 is 5.32 Å². The molecule has 0 bridgehead atoms. The number of hydrogen-bond acceptors (Lipinski definition) is 3. The minimum Gasteiger partial charge on any atom is -0.358 e. The molecule has 1 N–H and O–H groups in total. The summed E-state index contributed by atoms with van der Waals surface area (Å²) in [6.45, 7) is 2.20. The maximum atomic E-state index is 4.89. The van der Waals surface area contributed by atoms with Gasteiger partial charge in [0.15, 0.2) is 5.17 Å². The second kappa shape index (κ2) is 5.88. The second-order valence-corrected chi connectivity index (χ2v) is 7.35. The van der Waals surface area contributed by atoms with Crippen molar-refractivity contribution < 1.29 is 0 Å². The summed E-state index contributed by atoms with van der Waals surface area (Å²) in [5.74, 6) is 2.07. The molecular weight excluding hydrogens is 320 g/mol. The number of nitrogens with zero attached hydrogens (tertiary/aromatic N) is 1. The van der Waals surface area contributed by atoms with E-state index in [0.717, 1.165) is 15.6 Å². The fourth-order valence-corrected chi connectivity index (χ4v) is 4.53. The van der Waals surface area contributed by atoms with Crippen LogP contribution in [0.15, 0.2) is 33.7 Å². The fraction of sp³-hybridized carbons (Fsp3) is 0.533. The molecule has 2 aliphatic rings. The molecule has 1 aromatic carbocycles. The van der Waals surface area contributed by atoms with Gasteiger partial charge in [-0.3, -0.25) is 4.99 Å². The van der Waals surface area contributed by atoms with Gasteiger partial charge in [-0.15, -0.1) is 0 Å². The van der Waals surface area contributed by atoms with Crippen molar-refractivity contribution in [3.8, 4) is 0 Å². The van der Waals surface area contributed by atoms with Gasteiger partial charge in [0.25, 0.3) is 0 Å². The zero-order chi connectivity index (χ0) is 13.2. The summed E-state index contributed by atoms with van der Waals surface area (Å²) in [4.78, 5) is 4.89. The van der Waals surface area contributed by atoms with Gasteiger partial charge >= 0.3 is 0 Å². The second-order valence-electron chi connectivity index (χ2n) is 5.42. The van der Waals surface area contributed by atoms with Crippen molar-refractivity contribution >= 4 is 32.9 Å². The minimum absolute atomic E-state index is 0.307. The van der Waals surface area contributed by atoms with Gasteiger partial charge in [-0.1, -0.05) is 46.2 Å². The lowest BCUT2D eigenvalue weighted by molar-refractivity contribution is 0.531. The first-order chi connectivity index (χ1) is 9.22. The van der Waals surface area contributed by atoms with Gasteiger partial charge in [0.05, 0.1) is 12.1 Å². The van der Waals surface area contributed by atoms with E-state index < -0.39 is 0 Å². The van der Waals surface area contributed by atoms with Crippen molar-refractivity contribution in [3.05, 3.63) is 34.3 Å². The summed E-state index contributed by atoms with van der Waals surface area (Å²) in [6.07, 6.45) is 4.01. The Balaban J connectivity index is 1.68. The molecule has 1 saturated carbocycles. The predicted octanol–water partition coefficient (Wildman–Crippen LogP) is 4.37. The van der Waals surface area contributed by atoms with Gasteiger partial charge in [-0.25, -0.2) is 0 Å². The normalized spacial score (nSPS) is 27.6. The topological polar surface area (TPSA) is 24.4 Å². The van der Waals surface area contributed by atoms with E-state index in [1.54, 1.807) is 0 Å². The quantitative estimate of drug-likeness (QED) is 0.865. The Morgan fingerprint density at radius 2 is 2.32 bits per heavy atom. The molecule has 19 heavy (non-hydrogen) atoms. The van der Waals surface area contributed by atoms with Gasteiger partial charge in [0, 0.05) is 10.2 Å². The van der Waals surface area contributed by atoms with Gasteiger partial charge in [0.1, 0.15) is 0 Å². The van der Waals surface area contributed by atoms with Crippen LogP contribution in [0.2, 0.25) is 0 Å². The van der Waals surface area contributed by atoms with E-state index in [0.29, 0.717) is 12.1 Å². The molecule has 3 atom stereocenters. The van der Waals surface area contributed by atoms with Crippen LogP contribution in [0.5, 0.6) is 0 Å². The highest BCUT2D eigenvalue weighted by atomic mass is 79.9. The minimum atomic E-state index is 0.307. The molecular formula is C15H19BrN2S. The average Bonchev–Trinajstić information content (AvgIpc) is 2.86. The standard InChI is InChI=1S/C15H19BrN2S/c1-10(11-4-2-6-13(16)8-11)17-15-18-14-7-3-5-12(14)9-19-15/h2,4,6,8,10,12,14H,3,5,7,9H2,1H3,(H,17,18). The van der Waals surface area contributed by atoms with E-state index >= 15 is 0 Å². The average molecular weight is 339 g/mol. The number of aliphatic imine (C=N–C) groups is 1. The van der Waals surface area contributed by atoms with Crippen LogP contribution in [0.4, 0.5) is 0 Å². The molecule has 1 fully saturated rings. The maximum absolute atomic E-state index is 4.89. The Morgan fingerprint density at radius 1 is 1.42 bits per heavy atom. The summed E-state index contributed by atoms with van der Waals surface area (Å²) in [5, 5.41) is 4.70. The Labute approximate surface area is 127 Å². The maximum Gasteiger partial charge on any atom is 0.157 e. The number of thioether (sulfide) groups is 1. The molecule has 1 aromatic rings. The van der Waals surface area contributed by atoms with Crippen LogP contribution in [0.3, 0.4) is 0 Å². The zero-order valence-electron chi connectivity index (χ0n) is 11.1. The van der Waals surface area contributed by atoms with Crippen LogP contribution >= 0.6 is 27.7 Å². The number of benzene rings is 1. The van der Waals surface area contributed by atoms with E-state index in [9.17, 15) is 0 Å². The summed E-state index contributed by atoms with van der Waals surface area (Å²) in [7, 11) is 0. The molecule has 0 amide bonds. The molecule has 0 saturated heterocycles. The lowest BCUT2D eigenvalue weighted by Crippen LogP contribution is -2.31. The number of hydrogen-bond donors (Lipinski definition) is 1. The van der Waals surface area contributed by atoms with E-state index in [-0.39, 0.29) is 0 Å². The number of nitrogens with one attached hydrogen (secondary N) is 1. The van der Waals surface area contributed by atoms with Gasteiger partial charge in [0.2, 0.25) is 0 Å². The summed E-state index contributed by atoms with van der Waals surface area (Å²) >= 11 is 5.42. The Bertz CT molecular complexity index is 489. The van der Waals surface area contributed by atoms with Crippen molar-refractivity contribution in [2.75, 3.05) is 5.75 Å². The van der Waals surface area contributed by atoms with E-state index in [1.165, 1.54) is 30.6 Å². The summed E-state index contributed by atoms with van der Waals surface area (Å²) < 4.78 is 1.13. The van der Waals surface area contributed by atoms with Crippen LogP contribution in [-0.4, -0.2) is 17.0 Å². The van der Waals surface area contributed by atoms with Crippen LogP contribution in [-0.2, 0) is 0 Å². The molecule has 102 valence electrons. The van der Waals surface area contributed by atoms with Gasteiger partial charge in [-0.05, 0) is 43.4 Å². The molecule has 3 unspecified atom stereocenters. The first kappa shape index (κ1) is 13.5. The van der Waals surface area contributed by atoms with Crippen molar-refractivity contribution in [1.29, 1.82) is 0 Å². The number of fused-ring (bicyclic) bond motifs is 1. The van der Waals surface area contributed by atoms with Crippen molar-refractivity contribution in [1.82, 2.24) is 5.32 Å². The molecule has 2 nitrogen and oxygen atoms in total. The summed E-state index contributed by atoms with van der Waals surface area (Å²) in [5.41, 5.74) is 1.30. The third kappa shape index (κ3) is 3.16. The molecule has 0 spiro atoms. The van der Waals surface area contributed by atoms with Gasteiger partial charge in [-0.2, -0.15) is 0 Å². The van der Waals surface area contributed by atoms with E-state index in [4.69, 9.17) is 4.99 Å². The lowest BCUT2D eigenvalue weighted by atomic mass is 10.1. The molecule has 0 radical (unpaired) electrons. The highest BCUT2D eigenvalue weighted by Crippen LogP contribution is 2.35. The SMILES string of the molecule is CC(NC1=NC2CCCC2CS1)c1cccc(Br)c1. The van der Waals surface area contributed by atoms with Crippen LogP contribution in [0, 0.1) is 5.92 Å².